The van der Waals surface area contributed by atoms with Crippen LogP contribution in [0.3, 0.4) is 0 Å². The number of nitrogens with zero attached hydrogens (tertiary/aromatic N) is 3. The van der Waals surface area contributed by atoms with Gasteiger partial charge in [0, 0.05) is 18.7 Å². The number of nitrogens with two attached hydrogens (primary N) is 1. The lowest BCUT2D eigenvalue weighted by atomic mass is 10.0. The molecule has 2 aliphatic heterocycles. The zero-order chi connectivity index (χ0) is 19.4. The molecular weight excluding hydrogens is 397 g/mol. The fraction of sp³-hybridized carbons (Fsp3) is 0.538. The zero-order valence-electron chi connectivity index (χ0n) is 13.2. The minimum absolute atomic E-state index is 0.0162. The molecule has 3 rings (SSSR count). The smallest absolute Gasteiger partial charge is 0.229 e. The maximum atomic E-state index is 13.0. The molecule has 8 nitrogen and oxygen atoms in total. The van der Waals surface area contributed by atoms with Gasteiger partial charge in [0.15, 0.2) is 0 Å². The Balaban J connectivity index is 1.77. The summed E-state index contributed by atoms with van der Waals surface area (Å²) in [5.41, 5.74) is -2.87. The molecule has 0 spiro atoms. The second kappa shape index (κ2) is 5.97. The highest BCUT2D eigenvalue weighted by molar-refractivity contribution is 7.89. The molecule has 1 aromatic rings. The summed E-state index contributed by atoms with van der Waals surface area (Å²) in [6.45, 7) is 0.0963. The highest BCUT2D eigenvalue weighted by Gasteiger charge is 2.65. The van der Waals surface area contributed by atoms with Crippen molar-refractivity contribution in [1.82, 2.24) is 4.31 Å². The van der Waals surface area contributed by atoms with Gasteiger partial charge in [0.2, 0.25) is 20.0 Å². The monoisotopic (exact) mass is 412 g/mol. The van der Waals surface area contributed by atoms with Gasteiger partial charge in [-0.2, -0.15) is 17.5 Å². The first-order chi connectivity index (χ1) is 11.9. The quantitative estimate of drug-likeness (QED) is 0.780. The van der Waals surface area contributed by atoms with E-state index in [9.17, 15) is 30.0 Å². The van der Waals surface area contributed by atoms with E-state index in [1.165, 1.54) is 0 Å². The summed E-state index contributed by atoms with van der Waals surface area (Å²) in [6, 6.07) is 4.18. The van der Waals surface area contributed by atoms with Crippen LogP contribution in [-0.4, -0.2) is 46.2 Å². The van der Waals surface area contributed by atoms with Gasteiger partial charge < -0.3 is 0 Å². The number of rotatable bonds is 5. The first-order valence-electron chi connectivity index (χ1n) is 7.47. The SMILES string of the molecule is NS(=O)(=O)CC1CCN(S(=O)(=O)c2ccc(C3(C(F)(F)F)N=N3)cc2)C1. The first-order valence-corrected chi connectivity index (χ1v) is 10.6. The first kappa shape index (κ1) is 19.2. The van der Waals surface area contributed by atoms with E-state index in [1.807, 2.05) is 0 Å². The Morgan fingerprint density at radius 2 is 1.73 bits per heavy atom. The fourth-order valence-electron chi connectivity index (χ4n) is 2.93. The summed E-state index contributed by atoms with van der Waals surface area (Å²) >= 11 is 0. The zero-order valence-corrected chi connectivity index (χ0v) is 14.9. The van der Waals surface area contributed by atoms with Gasteiger partial charge in [0.25, 0.3) is 0 Å². The lowest BCUT2D eigenvalue weighted by molar-refractivity contribution is -0.166. The van der Waals surface area contributed by atoms with Gasteiger partial charge in [0.1, 0.15) is 0 Å². The van der Waals surface area contributed by atoms with Gasteiger partial charge in [-0.05, 0) is 24.5 Å². The third-order valence-corrected chi connectivity index (χ3v) is 7.12. The Morgan fingerprint density at radius 3 is 2.19 bits per heavy atom. The van der Waals surface area contributed by atoms with Crippen LogP contribution < -0.4 is 5.14 Å². The Bertz CT molecular complexity index is 937. The highest BCUT2D eigenvalue weighted by atomic mass is 32.2. The number of hydrogen-bond acceptors (Lipinski definition) is 6. The van der Waals surface area contributed by atoms with Crippen LogP contribution in [0.1, 0.15) is 12.0 Å². The minimum Gasteiger partial charge on any atom is -0.229 e. The van der Waals surface area contributed by atoms with Crippen molar-refractivity contribution in [2.75, 3.05) is 18.8 Å². The molecule has 1 aromatic carbocycles. The van der Waals surface area contributed by atoms with Crippen LogP contribution in [-0.2, 0) is 25.7 Å². The maximum absolute atomic E-state index is 13.0. The van der Waals surface area contributed by atoms with Crippen molar-refractivity contribution in [3.8, 4) is 0 Å². The molecule has 26 heavy (non-hydrogen) atoms. The van der Waals surface area contributed by atoms with Crippen LogP contribution in [0.5, 0.6) is 0 Å². The predicted molar refractivity (Wildman–Crippen MR) is 83.9 cm³/mol. The number of halogens is 3. The average Bonchev–Trinajstić information content (AvgIpc) is 3.21. The molecule has 0 amide bonds. The Labute approximate surface area is 148 Å². The van der Waals surface area contributed by atoms with Crippen molar-refractivity contribution >= 4 is 20.0 Å². The molecule has 2 N–H and O–H groups in total. The van der Waals surface area contributed by atoms with E-state index in [4.69, 9.17) is 5.14 Å². The molecule has 1 unspecified atom stereocenters. The third kappa shape index (κ3) is 3.48. The molecular formula is C13H15F3N4O4S2. The molecule has 2 aliphatic rings. The molecule has 0 aromatic heterocycles. The normalized spacial score (nSPS) is 23.3. The number of alkyl halides is 3. The molecule has 1 atom stereocenters. The van der Waals surface area contributed by atoms with Gasteiger partial charge in [-0.25, -0.2) is 22.0 Å². The van der Waals surface area contributed by atoms with Crippen molar-refractivity contribution in [2.45, 2.75) is 23.2 Å². The van der Waals surface area contributed by atoms with Crippen molar-refractivity contribution in [1.29, 1.82) is 0 Å². The van der Waals surface area contributed by atoms with E-state index in [2.05, 4.69) is 10.2 Å². The van der Waals surface area contributed by atoms with E-state index in [0.717, 1.165) is 28.6 Å². The second-order valence-electron chi connectivity index (χ2n) is 6.24. The molecule has 2 heterocycles. The topological polar surface area (TPSA) is 122 Å². The molecule has 0 radical (unpaired) electrons. The van der Waals surface area contributed by atoms with Crippen molar-refractivity contribution < 1.29 is 30.0 Å². The van der Waals surface area contributed by atoms with E-state index >= 15 is 0 Å². The second-order valence-corrected chi connectivity index (χ2v) is 9.84. The maximum Gasteiger partial charge on any atom is 0.442 e. The molecule has 13 heteroatoms. The van der Waals surface area contributed by atoms with E-state index < -0.39 is 37.8 Å². The van der Waals surface area contributed by atoms with Gasteiger partial charge >= 0.3 is 11.8 Å². The number of benzene rings is 1. The lowest BCUT2D eigenvalue weighted by Crippen LogP contribution is -2.31. The van der Waals surface area contributed by atoms with Gasteiger partial charge in [-0.3, -0.25) is 0 Å². The summed E-state index contributed by atoms with van der Waals surface area (Å²) < 4.78 is 87.5. The minimum atomic E-state index is -4.69. The van der Waals surface area contributed by atoms with Crippen LogP contribution in [0.4, 0.5) is 13.2 Å². The van der Waals surface area contributed by atoms with Crippen molar-refractivity contribution in [2.24, 2.45) is 21.3 Å². The van der Waals surface area contributed by atoms with E-state index in [-0.39, 0.29) is 29.3 Å². The summed E-state index contributed by atoms with van der Waals surface area (Å²) in [5.74, 6) is -0.744. The Hall–Kier alpha value is -1.57. The summed E-state index contributed by atoms with van der Waals surface area (Å²) in [6.07, 6.45) is -4.36. The third-order valence-electron chi connectivity index (χ3n) is 4.31. The molecule has 0 bridgehead atoms. The highest BCUT2D eigenvalue weighted by Crippen LogP contribution is 2.52. The van der Waals surface area contributed by atoms with Crippen molar-refractivity contribution in [3.05, 3.63) is 29.8 Å². The Morgan fingerprint density at radius 1 is 1.15 bits per heavy atom. The van der Waals surface area contributed by atoms with E-state index in [1.54, 1.807) is 0 Å². The fourth-order valence-corrected chi connectivity index (χ4v) is 5.39. The van der Waals surface area contributed by atoms with Crippen LogP contribution in [0, 0.1) is 5.92 Å². The predicted octanol–water partition coefficient (Wildman–Crippen LogP) is 1.17. The average molecular weight is 412 g/mol. The molecule has 1 fully saturated rings. The van der Waals surface area contributed by atoms with Crippen LogP contribution in [0.15, 0.2) is 39.4 Å². The number of hydrogen-bond donors (Lipinski definition) is 1. The standard InChI is InChI=1S/C13H15F3N4O4S2/c14-13(15,16)12(18-19-12)10-1-3-11(4-2-10)26(23,24)20-6-5-9(7-20)8-25(17,21)22/h1-4,9H,5-8H2,(H2,17,21,22). The molecule has 0 aliphatic carbocycles. The molecule has 0 saturated carbocycles. The lowest BCUT2D eigenvalue weighted by Gasteiger charge is -2.18. The van der Waals surface area contributed by atoms with Crippen LogP contribution in [0.25, 0.3) is 0 Å². The number of sulfonamides is 2. The summed E-state index contributed by atoms with van der Waals surface area (Å²) in [5, 5.41) is 11.1. The largest absolute Gasteiger partial charge is 0.442 e. The summed E-state index contributed by atoms with van der Waals surface area (Å²) in [7, 11) is -7.67. The number of primary sulfonamides is 1. The molecule has 1 saturated heterocycles. The van der Waals surface area contributed by atoms with E-state index in [0.29, 0.717) is 6.42 Å². The van der Waals surface area contributed by atoms with Crippen LogP contribution in [0.2, 0.25) is 0 Å². The summed E-state index contributed by atoms with van der Waals surface area (Å²) in [4.78, 5) is -0.185. The van der Waals surface area contributed by atoms with Gasteiger partial charge in [-0.15, -0.1) is 10.2 Å². The van der Waals surface area contributed by atoms with Crippen molar-refractivity contribution in [3.63, 3.8) is 0 Å². The molecule has 144 valence electrons. The van der Waals surface area contributed by atoms with Crippen LogP contribution >= 0.6 is 0 Å². The van der Waals surface area contributed by atoms with Gasteiger partial charge in [0.05, 0.1) is 10.6 Å². The Kier molecular flexibility index (Phi) is 4.41. The van der Waals surface area contributed by atoms with Gasteiger partial charge in [-0.1, -0.05) is 12.1 Å².